The van der Waals surface area contributed by atoms with Gasteiger partial charge in [-0.05, 0) is 48.0 Å². The lowest BCUT2D eigenvalue weighted by atomic mass is 9.95. The Morgan fingerprint density at radius 2 is 1.65 bits per heavy atom. The standard InChI is InChI=1S/C25H18F3NO5/c1-34-19-7-2-4-15(12-19)22(31)20-21(14-8-10-18(30)11-9-14)29(24(33)23(20)32)17-6-3-5-16(13-17)25(26,27)28/h2-13,21,30-31H,1H3/b22-20+. The fourth-order valence-corrected chi connectivity index (χ4v) is 3.83. The van der Waals surface area contributed by atoms with E-state index in [4.69, 9.17) is 4.74 Å². The lowest BCUT2D eigenvalue weighted by molar-refractivity contribution is -0.137. The maximum atomic E-state index is 13.3. The van der Waals surface area contributed by atoms with Gasteiger partial charge in [0.05, 0.1) is 24.3 Å². The van der Waals surface area contributed by atoms with Crippen LogP contribution in [0.15, 0.2) is 78.4 Å². The molecule has 1 aliphatic heterocycles. The number of phenols is 1. The van der Waals surface area contributed by atoms with Crippen molar-refractivity contribution in [3.8, 4) is 11.5 Å². The first-order valence-corrected chi connectivity index (χ1v) is 10.0. The highest BCUT2D eigenvalue weighted by Crippen LogP contribution is 2.43. The summed E-state index contributed by atoms with van der Waals surface area (Å²) in [6, 6.07) is 14.4. The molecule has 0 aromatic heterocycles. The van der Waals surface area contributed by atoms with Crippen molar-refractivity contribution in [2.45, 2.75) is 12.2 Å². The second-order valence-corrected chi connectivity index (χ2v) is 7.54. The number of hydrogen-bond donors (Lipinski definition) is 2. The molecule has 0 aliphatic carbocycles. The summed E-state index contributed by atoms with van der Waals surface area (Å²) in [4.78, 5) is 27.1. The van der Waals surface area contributed by atoms with Crippen LogP contribution in [0, 0.1) is 0 Å². The highest BCUT2D eigenvalue weighted by Gasteiger charge is 2.47. The molecule has 1 unspecified atom stereocenters. The van der Waals surface area contributed by atoms with Gasteiger partial charge in [-0.15, -0.1) is 0 Å². The minimum Gasteiger partial charge on any atom is -0.508 e. The number of nitrogens with zero attached hydrogens (tertiary/aromatic N) is 1. The molecule has 0 saturated carbocycles. The van der Waals surface area contributed by atoms with E-state index < -0.39 is 35.2 Å². The van der Waals surface area contributed by atoms with Crippen molar-refractivity contribution < 1.29 is 37.7 Å². The zero-order valence-corrected chi connectivity index (χ0v) is 17.7. The van der Waals surface area contributed by atoms with E-state index in [0.29, 0.717) is 11.3 Å². The number of benzene rings is 3. The van der Waals surface area contributed by atoms with Gasteiger partial charge in [-0.2, -0.15) is 13.2 Å². The van der Waals surface area contributed by atoms with Crippen LogP contribution in [-0.4, -0.2) is 29.0 Å². The first kappa shape index (κ1) is 22.9. The monoisotopic (exact) mass is 469 g/mol. The van der Waals surface area contributed by atoms with Crippen LogP contribution in [-0.2, 0) is 15.8 Å². The Morgan fingerprint density at radius 1 is 0.971 bits per heavy atom. The first-order valence-electron chi connectivity index (χ1n) is 10.0. The Hall–Kier alpha value is -4.27. The number of amides is 1. The average molecular weight is 469 g/mol. The average Bonchev–Trinajstić information content (AvgIpc) is 3.09. The number of aliphatic hydroxyl groups excluding tert-OH is 1. The fraction of sp³-hybridized carbons (Fsp3) is 0.120. The number of carbonyl (C=O) groups is 2. The van der Waals surface area contributed by atoms with Crippen molar-refractivity contribution >= 4 is 23.1 Å². The Bertz CT molecular complexity index is 1300. The molecule has 0 spiro atoms. The largest absolute Gasteiger partial charge is 0.508 e. The van der Waals surface area contributed by atoms with E-state index in [-0.39, 0.29) is 22.6 Å². The minimum absolute atomic E-state index is 0.0902. The summed E-state index contributed by atoms with van der Waals surface area (Å²) in [6.07, 6.45) is -4.67. The number of hydrogen-bond acceptors (Lipinski definition) is 5. The van der Waals surface area contributed by atoms with E-state index in [1.165, 1.54) is 49.6 Å². The Kier molecular flexibility index (Phi) is 5.78. The number of ketones is 1. The van der Waals surface area contributed by atoms with Crippen LogP contribution < -0.4 is 9.64 Å². The van der Waals surface area contributed by atoms with Gasteiger partial charge in [0.1, 0.15) is 17.3 Å². The van der Waals surface area contributed by atoms with Gasteiger partial charge in [0, 0.05) is 11.3 Å². The predicted molar refractivity (Wildman–Crippen MR) is 117 cm³/mol. The van der Waals surface area contributed by atoms with Crippen LogP contribution in [0.5, 0.6) is 11.5 Å². The lowest BCUT2D eigenvalue weighted by Crippen LogP contribution is -2.29. The Morgan fingerprint density at radius 3 is 2.29 bits per heavy atom. The molecule has 2 N–H and O–H groups in total. The zero-order chi connectivity index (χ0) is 24.6. The zero-order valence-electron chi connectivity index (χ0n) is 17.7. The summed E-state index contributed by atoms with van der Waals surface area (Å²) in [6.45, 7) is 0. The van der Waals surface area contributed by atoms with Gasteiger partial charge in [0.2, 0.25) is 0 Å². The first-order chi connectivity index (χ1) is 16.1. The molecular formula is C25H18F3NO5. The minimum atomic E-state index is -4.67. The summed E-state index contributed by atoms with van der Waals surface area (Å²) >= 11 is 0. The number of phenolic OH excluding ortho intramolecular Hbond substituents is 1. The normalized spacial score (nSPS) is 17.8. The Balaban J connectivity index is 1.95. The predicted octanol–water partition coefficient (Wildman–Crippen LogP) is 5.05. The molecular weight excluding hydrogens is 451 g/mol. The number of methoxy groups -OCH3 is 1. The second kappa shape index (κ2) is 8.58. The quantitative estimate of drug-likeness (QED) is 0.317. The highest BCUT2D eigenvalue weighted by atomic mass is 19.4. The molecule has 4 rings (SSSR count). The maximum absolute atomic E-state index is 13.3. The smallest absolute Gasteiger partial charge is 0.416 e. The van der Waals surface area contributed by atoms with Crippen LogP contribution in [0.2, 0.25) is 0 Å². The number of halogens is 3. The third-order valence-corrected chi connectivity index (χ3v) is 5.45. The van der Waals surface area contributed by atoms with Crippen LogP contribution in [0.25, 0.3) is 5.76 Å². The molecule has 0 bridgehead atoms. The number of aromatic hydroxyl groups is 1. The lowest BCUT2D eigenvalue weighted by Gasteiger charge is -2.26. The van der Waals surface area contributed by atoms with Gasteiger partial charge < -0.3 is 14.9 Å². The van der Waals surface area contributed by atoms with Crippen molar-refractivity contribution in [3.63, 3.8) is 0 Å². The molecule has 1 fully saturated rings. The van der Waals surface area contributed by atoms with E-state index >= 15 is 0 Å². The molecule has 1 atom stereocenters. The number of carbonyl (C=O) groups excluding carboxylic acids is 2. The molecule has 1 saturated heterocycles. The highest BCUT2D eigenvalue weighted by molar-refractivity contribution is 6.51. The van der Waals surface area contributed by atoms with E-state index in [0.717, 1.165) is 23.1 Å². The number of rotatable bonds is 4. The van der Waals surface area contributed by atoms with Crippen molar-refractivity contribution in [1.29, 1.82) is 0 Å². The van der Waals surface area contributed by atoms with Gasteiger partial charge >= 0.3 is 6.18 Å². The fourth-order valence-electron chi connectivity index (χ4n) is 3.83. The van der Waals surface area contributed by atoms with E-state index in [9.17, 15) is 33.0 Å². The summed E-state index contributed by atoms with van der Waals surface area (Å²) in [5.74, 6) is -2.37. The number of ether oxygens (including phenoxy) is 1. The van der Waals surface area contributed by atoms with Gasteiger partial charge in [0.25, 0.3) is 11.7 Å². The maximum Gasteiger partial charge on any atom is 0.416 e. The molecule has 1 aliphatic rings. The second-order valence-electron chi connectivity index (χ2n) is 7.54. The van der Waals surface area contributed by atoms with E-state index in [1.54, 1.807) is 12.1 Å². The molecule has 6 nitrogen and oxygen atoms in total. The molecule has 34 heavy (non-hydrogen) atoms. The van der Waals surface area contributed by atoms with Crippen molar-refractivity contribution in [3.05, 3.63) is 95.1 Å². The van der Waals surface area contributed by atoms with Crippen LogP contribution in [0.4, 0.5) is 18.9 Å². The van der Waals surface area contributed by atoms with Gasteiger partial charge in [-0.3, -0.25) is 14.5 Å². The van der Waals surface area contributed by atoms with Crippen LogP contribution >= 0.6 is 0 Å². The van der Waals surface area contributed by atoms with Crippen LogP contribution in [0.1, 0.15) is 22.7 Å². The van der Waals surface area contributed by atoms with Gasteiger partial charge in [-0.1, -0.05) is 30.3 Å². The molecule has 174 valence electrons. The molecule has 9 heteroatoms. The van der Waals surface area contributed by atoms with Crippen LogP contribution in [0.3, 0.4) is 0 Å². The number of alkyl halides is 3. The third-order valence-electron chi connectivity index (χ3n) is 5.45. The number of aliphatic hydroxyl groups is 1. The summed E-state index contributed by atoms with van der Waals surface area (Å²) in [5.41, 5.74) is -0.978. The van der Waals surface area contributed by atoms with Crippen molar-refractivity contribution in [1.82, 2.24) is 0 Å². The van der Waals surface area contributed by atoms with Gasteiger partial charge in [0.15, 0.2) is 0 Å². The summed E-state index contributed by atoms with van der Waals surface area (Å²) < 4.78 is 45.1. The van der Waals surface area contributed by atoms with Gasteiger partial charge in [-0.25, -0.2) is 0 Å². The van der Waals surface area contributed by atoms with E-state index in [2.05, 4.69) is 0 Å². The molecule has 3 aromatic carbocycles. The summed E-state index contributed by atoms with van der Waals surface area (Å²) in [7, 11) is 1.42. The van der Waals surface area contributed by atoms with E-state index in [1.807, 2.05) is 0 Å². The molecule has 1 amide bonds. The summed E-state index contributed by atoms with van der Waals surface area (Å²) in [5, 5.41) is 20.7. The SMILES string of the molecule is COc1cccc(/C(O)=C2\C(=O)C(=O)N(c3cccc(C(F)(F)F)c3)C2c2ccc(O)cc2)c1. The number of anilines is 1. The van der Waals surface area contributed by atoms with Crippen molar-refractivity contribution in [2.24, 2.45) is 0 Å². The topological polar surface area (TPSA) is 87.1 Å². The van der Waals surface area contributed by atoms with Crippen molar-refractivity contribution in [2.75, 3.05) is 12.0 Å². The third kappa shape index (κ3) is 4.07. The number of Topliss-reactive ketones (excluding diaryl/α,β-unsaturated/α-hetero) is 1. The Labute approximate surface area is 192 Å². The molecule has 3 aromatic rings. The molecule has 0 radical (unpaired) electrons. The molecule has 1 heterocycles.